The lowest BCUT2D eigenvalue weighted by Crippen LogP contribution is -2.29. The van der Waals surface area contributed by atoms with Crippen molar-refractivity contribution in [3.05, 3.63) is 108 Å². The van der Waals surface area contributed by atoms with Crippen LogP contribution in [0, 0.1) is 0 Å². The van der Waals surface area contributed by atoms with Gasteiger partial charge in [-0.25, -0.2) is 0 Å². The zero-order chi connectivity index (χ0) is 15.3. The van der Waals surface area contributed by atoms with Gasteiger partial charge in [-0.05, 0) is 16.7 Å². The van der Waals surface area contributed by atoms with Gasteiger partial charge in [0.05, 0.1) is 5.41 Å². The molecule has 0 aromatic heterocycles. The fraction of sp³-hybridized carbons (Fsp3) is 0.0952. The Hall–Kier alpha value is -2.67. The largest absolute Gasteiger partial charge is 0.291 e. The second-order valence-electron chi connectivity index (χ2n) is 5.32. The Morgan fingerprint density at radius 2 is 0.909 bits per heavy atom. The highest BCUT2D eigenvalue weighted by Gasteiger charge is 2.35. The lowest BCUT2D eigenvalue weighted by atomic mass is 9.67. The summed E-state index contributed by atoms with van der Waals surface area (Å²) >= 11 is 0. The molecular weight excluding hydrogens is 268 g/mol. The first kappa shape index (κ1) is 14.3. The normalized spacial score (nSPS) is 11.1. The van der Waals surface area contributed by atoms with Gasteiger partial charge in [0.25, 0.3) is 0 Å². The Labute approximate surface area is 131 Å². The van der Waals surface area contributed by atoms with Crippen molar-refractivity contribution in [2.75, 3.05) is 0 Å². The van der Waals surface area contributed by atoms with Crippen molar-refractivity contribution >= 4 is 6.29 Å². The van der Waals surface area contributed by atoms with Crippen LogP contribution in [0.25, 0.3) is 0 Å². The van der Waals surface area contributed by atoms with Crippen LogP contribution in [0.2, 0.25) is 0 Å². The summed E-state index contributed by atoms with van der Waals surface area (Å²) in [5, 5.41) is 0. The van der Waals surface area contributed by atoms with Crippen LogP contribution in [0.15, 0.2) is 91.0 Å². The van der Waals surface area contributed by atoms with Gasteiger partial charge in [0.2, 0.25) is 0 Å². The lowest BCUT2D eigenvalue weighted by Gasteiger charge is -2.34. The van der Waals surface area contributed by atoms with Gasteiger partial charge in [0.1, 0.15) is 0 Å². The van der Waals surface area contributed by atoms with Crippen LogP contribution in [0.4, 0.5) is 0 Å². The van der Waals surface area contributed by atoms with E-state index in [4.69, 9.17) is 0 Å². The molecule has 3 rings (SSSR count). The summed E-state index contributed by atoms with van der Waals surface area (Å²) in [7, 11) is 0. The second kappa shape index (κ2) is 6.40. The molecule has 0 atom stereocenters. The Morgan fingerprint density at radius 1 is 0.591 bits per heavy atom. The number of carbonyl (C=O) groups excluding carboxylic acids is 1. The quantitative estimate of drug-likeness (QED) is 0.630. The summed E-state index contributed by atoms with van der Waals surface area (Å²) in [6, 6.07) is 30.6. The predicted octanol–water partition coefficient (Wildman–Crippen LogP) is 4.52. The molecule has 0 amide bonds. The van der Waals surface area contributed by atoms with E-state index in [1.54, 1.807) is 0 Å². The summed E-state index contributed by atoms with van der Waals surface area (Å²) in [5.74, 6) is 0. The Balaban J connectivity index is 2.31. The van der Waals surface area contributed by atoms with E-state index in [0.29, 0.717) is 6.42 Å². The third-order valence-electron chi connectivity index (χ3n) is 4.14. The van der Waals surface area contributed by atoms with E-state index in [9.17, 15) is 4.79 Å². The summed E-state index contributed by atoms with van der Waals surface area (Å²) in [6.07, 6.45) is 2.45. The van der Waals surface area contributed by atoms with Crippen LogP contribution in [0.1, 0.15) is 23.1 Å². The summed E-state index contributed by atoms with van der Waals surface area (Å²) < 4.78 is 0. The first-order valence-corrected chi connectivity index (χ1v) is 7.39. The molecule has 0 saturated carbocycles. The van der Waals surface area contributed by atoms with Crippen molar-refractivity contribution in [3.8, 4) is 0 Å². The van der Waals surface area contributed by atoms with Gasteiger partial charge in [-0.2, -0.15) is 0 Å². The highest BCUT2D eigenvalue weighted by molar-refractivity contribution is 5.62. The average Bonchev–Trinajstić information content (AvgIpc) is 2.62. The van der Waals surface area contributed by atoms with Gasteiger partial charge in [-0.3, -0.25) is 4.79 Å². The van der Waals surface area contributed by atoms with E-state index in [0.717, 1.165) is 16.7 Å². The molecule has 0 aliphatic rings. The molecular formula is C21H17O. The molecule has 22 heavy (non-hydrogen) atoms. The fourth-order valence-corrected chi connectivity index (χ4v) is 3.08. The maximum absolute atomic E-state index is 11.4. The molecule has 0 saturated heterocycles. The van der Waals surface area contributed by atoms with Gasteiger partial charge >= 0.3 is 0 Å². The zero-order valence-electron chi connectivity index (χ0n) is 12.3. The number of rotatable bonds is 5. The average molecular weight is 285 g/mol. The first-order chi connectivity index (χ1) is 10.9. The molecule has 3 aromatic rings. The smallest absolute Gasteiger partial charge is 0.200 e. The molecule has 0 unspecified atom stereocenters. The van der Waals surface area contributed by atoms with Gasteiger partial charge in [0.15, 0.2) is 6.29 Å². The molecule has 0 heterocycles. The topological polar surface area (TPSA) is 17.1 Å². The van der Waals surface area contributed by atoms with Crippen molar-refractivity contribution in [1.82, 2.24) is 0 Å². The monoisotopic (exact) mass is 285 g/mol. The zero-order valence-corrected chi connectivity index (χ0v) is 12.3. The van der Waals surface area contributed by atoms with Gasteiger partial charge < -0.3 is 0 Å². The molecule has 1 radical (unpaired) electrons. The highest BCUT2D eigenvalue weighted by Crippen LogP contribution is 2.41. The predicted molar refractivity (Wildman–Crippen MR) is 89.5 cm³/mol. The molecule has 0 aliphatic heterocycles. The van der Waals surface area contributed by atoms with Crippen molar-refractivity contribution in [2.24, 2.45) is 0 Å². The minimum Gasteiger partial charge on any atom is -0.291 e. The van der Waals surface area contributed by atoms with Crippen LogP contribution >= 0.6 is 0 Å². The van der Waals surface area contributed by atoms with Crippen molar-refractivity contribution in [2.45, 2.75) is 11.8 Å². The molecule has 0 fully saturated rings. The second-order valence-corrected chi connectivity index (χ2v) is 5.32. The van der Waals surface area contributed by atoms with Gasteiger partial charge in [-0.1, -0.05) is 91.0 Å². The van der Waals surface area contributed by atoms with Crippen molar-refractivity contribution in [3.63, 3.8) is 0 Å². The third kappa shape index (κ3) is 2.46. The maximum atomic E-state index is 11.4. The van der Waals surface area contributed by atoms with E-state index in [2.05, 4.69) is 42.7 Å². The van der Waals surface area contributed by atoms with Crippen molar-refractivity contribution < 1.29 is 4.79 Å². The van der Waals surface area contributed by atoms with Crippen LogP contribution in [0.5, 0.6) is 0 Å². The Morgan fingerprint density at radius 3 is 1.18 bits per heavy atom. The maximum Gasteiger partial charge on any atom is 0.200 e. The van der Waals surface area contributed by atoms with Crippen LogP contribution in [-0.2, 0) is 10.2 Å². The van der Waals surface area contributed by atoms with Gasteiger partial charge in [0, 0.05) is 6.42 Å². The Bertz CT molecular complexity index is 621. The minimum absolute atomic E-state index is 0.297. The molecule has 1 heteroatoms. The molecule has 1 nitrogen and oxygen atoms in total. The first-order valence-electron chi connectivity index (χ1n) is 7.39. The minimum atomic E-state index is -0.495. The molecule has 0 aliphatic carbocycles. The summed E-state index contributed by atoms with van der Waals surface area (Å²) in [4.78, 5) is 11.4. The molecule has 107 valence electrons. The standard InChI is InChI=1S/C21H17O/c22-17-16-21(18-10-4-1-5-11-18,19-12-6-2-7-13-19)20-14-8-3-9-15-20/h1-15H,16H2. The van der Waals surface area contributed by atoms with Crippen LogP contribution in [-0.4, -0.2) is 6.29 Å². The SMILES string of the molecule is O=[C]CC(c1ccccc1)(c1ccccc1)c1ccccc1. The van der Waals surface area contributed by atoms with E-state index in [1.165, 1.54) is 0 Å². The fourth-order valence-electron chi connectivity index (χ4n) is 3.08. The molecule has 0 N–H and O–H groups in total. The number of benzene rings is 3. The van der Waals surface area contributed by atoms with Crippen LogP contribution < -0.4 is 0 Å². The van der Waals surface area contributed by atoms with E-state index >= 15 is 0 Å². The summed E-state index contributed by atoms with van der Waals surface area (Å²) in [5.41, 5.74) is 2.83. The van der Waals surface area contributed by atoms with E-state index in [1.807, 2.05) is 54.6 Å². The molecule has 0 spiro atoms. The number of hydrogen-bond donors (Lipinski definition) is 0. The Kier molecular flexibility index (Phi) is 4.15. The molecule has 0 bridgehead atoms. The van der Waals surface area contributed by atoms with Gasteiger partial charge in [-0.15, -0.1) is 0 Å². The van der Waals surface area contributed by atoms with Crippen molar-refractivity contribution in [1.29, 1.82) is 0 Å². The van der Waals surface area contributed by atoms with E-state index in [-0.39, 0.29) is 0 Å². The lowest BCUT2D eigenvalue weighted by molar-refractivity contribution is 0.529. The van der Waals surface area contributed by atoms with Crippen LogP contribution in [0.3, 0.4) is 0 Å². The van der Waals surface area contributed by atoms with E-state index < -0.39 is 5.41 Å². The summed E-state index contributed by atoms with van der Waals surface area (Å²) in [6.45, 7) is 0. The number of hydrogen-bond acceptors (Lipinski definition) is 1. The third-order valence-corrected chi connectivity index (χ3v) is 4.14. The molecule has 3 aromatic carbocycles. The highest BCUT2D eigenvalue weighted by atomic mass is 16.1.